The van der Waals surface area contributed by atoms with Gasteiger partial charge in [0.1, 0.15) is 13.2 Å². The zero-order chi connectivity index (χ0) is 36.1. The third kappa shape index (κ3) is 38.3. The van der Waals surface area contributed by atoms with Gasteiger partial charge in [-0.15, -0.1) is 0 Å². The third-order valence-corrected chi connectivity index (χ3v) is 9.54. The number of unbranched alkanes of at least 4 members (excludes halogenated alkanes) is 22. The lowest BCUT2D eigenvalue weighted by atomic mass is 10.1. The van der Waals surface area contributed by atoms with E-state index in [0.29, 0.717) is 19.4 Å². The summed E-state index contributed by atoms with van der Waals surface area (Å²) in [5, 5.41) is 0. The minimum absolute atomic E-state index is 0. The van der Waals surface area contributed by atoms with Crippen LogP contribution in [0.5, 0.6) is 0 Å². The van der Waals surface area contributed by atoms with Crippen molar-refractivity contribution < 1.29 is 47.5 Å². The molecule has 0 aromatic rings. The van der Waals surface area contributed by atoms with Gasteiger partial charge >= 0.3 is 11.9 Å². The number of hydrogen-bond donors (Lipinski definition) is 0. The molecule has 0 rings (SSSR count). The second kappa shape index (κ2) is 39.3. The van der Waals surface area contributed by atoms with E-state index < -0.39 is 6.10 Å². The molecule has 0 aliphatic heterocycles. The van der Waals surface area contributed by atoms with Crippen LogP contribution >= 0.6 is 0 Å². The Morgan fingerprint density at radius 1 is 0.500 bits per heavy atom. The maximum Gasteiger partial charge on any atom is 0.306 e. The van der Waals surface area contributed by atoms with E-state index in [1.54, 1.807) is 0 Å². The Hall–Kier alpha value is -0.890. The van der Waals surface area contributed by atoms with E-state index in [1.807, 2.05) is 0 Å². The zero-order valence-corrected chi connectivity index (χ0v) is 36.1. The van der Waals surface area contributed by atoms with Gasteiger partial charge in [0.05, 0.1) is 20.6 Å². The molecule has 1 atom stereocenters. The van der Waals surface area contributed by atoms with Crippen molar-refractivity contribution in [3.8, 4) is 0 Å². The fourth-order valence-electron chi connectivity index (χ4n) is 6.55. The first-order chi connectivity index (χ1) is 23.8. The molecule has 0 aromatic carbocycles. The minimum Gasteiger partial charge on any atom is -1.00 e. The molecule has 0 saturated heterocycles. The summed E-state index contributed by atoms with van der Waals surface area (Å²) in [7, 11) is 4.31. The van der Waals surface area contributed by atoms with Crippen LogP contribution in [0.15, 0.2) is 24.3 Å². The Bertz CT molecular complexity index is 797. The fraction of sp³-hybridized carbons (Fsp3) is 0.864. The van der Waals surface area contributed by atoms with Crippen molar-refractivity contribution in [3.63, 3.8) is 0 Å². The van der Waals surface area contributed by atoms with Gasteiger partial charge in [-0.2, -0.15) is 0 Å². The normalized spacial score (nSPS) is 12.4. The molecule has 0 aliphatic rings. The molecule has 0 N–H and O–H groups in total. The molecule has 1 unspecified atom stereocenters. The van der Waals surface area contributed by atoms with E-state index in [0.717, 1.165) is 56.0 Å². The summed E-state index contributed by atoms with van der Waals surface area (Å²) in [6.07, 6.45) is 43.2. The number of ether oxygens (including phenoxy) is 2. The first kappa shape index (κ1) is 51.2. The first-order valence-electron chi connectivity index (χ1n) is 21.3. The summed E-state index contributed by atoms with van der Waals surface area (Å²) >= 11 is 0. The Kier molecular flexibility index (Phi) is 40.3. The summed E-state index contributed by atoms with van der Waals surface area (Å²) < 4.78 is 12.3. The number of hydrogen-bond acceptors (Lipinski definition) is 4. The zero-order valence-electron chi connectivity index (χ0n) is 34.0. The van der Waals surface area contributed by atoms with Crippen LogP contribution in [-0.4, -0.2) is 56.3 Å². The maximum absolute atomic E-state index is 12.7. The van der Waals surface area contributed by atoms with Crippen LogP contribution in [0.3, 0.4) is 0 Å². The molecule has 0 heterocycles. The molecule has 0 saturated carbocycles. The molecule has 296 valence electrons. The van der Waals surface area contributed by atoms with Crippen molar-refractivity contribution >= 4 is 11.9 Å². The van der Waals surface area contributed by atoms with Crippen LogP contribution in [-0.2, 0) is 19.1 Å². The Balaban J connectivity index is 0. The van der Waals surface area contributed by atoms with Crippen molar-refractivity contribution in [1.29, 1.82) is 0 Å². The molecule has 0 amide bonds. The summed E-state index contributed by atoms with van der Waals surface area (Å²) in [5.41, 5.74) is 0. The summed E-state index contributed by atoms with van der Waals surface area (Å²) in [4.78, 5) is 25.2. The lowest BCUT2D eigenvalue weighted by molar-refractivity contribution is -0.893. The number of allylic oxidation sites excluding steroid dienone is 4. The Labute approximate surface area is 329 Å². The number of nitrogens with zero attached hydrogens (tertiary/aromatic N) is 1. The monoisotopic (exact) mass is 818 g/mol. The van der Waals surface area contributed by atoms with Gasteiger partial charge in [0, 0.05) is 12.8 Å². The number of quaternary nitrogens is 1. The quantitative estimate of drug-likeness (QED) is 0.0206. The number of carbonyl (C=O) groups excluding carboxylic acids is 2. The smallest absolute Gasteiger partial charge is 0.306 e. The molecule has 6 heteroatoms. The van der Waals surface area contributed by atoms with Gasteiger partial charge in [-0.25, -0.2) is 0 Å². The van der Waals surface area contributed by atoms with Crippen LogP contribution in [0.25, 0.3) is 0 Å². The highest BCUT2D eigenvalue weighted by Crippen LogP contribution is 2.14. The van der Waals surface area contributed by atoms with Gasteiger partial charge in [-0.3, -0.25) is 9.59 Å². The van der Waals surface area contributed by atoms with Gasteiger partial charge in [-0.1, -0.05) is 148 Å². The van der Waals surface area contributed by atoms with Crippen LogP contribution in [0.2, 0.25) is 0 Å². The van der Waals surface area contributed by atoms with Crippen molar-refractivity contribution in [2.45, 2.75) is 213 Å². The molecule has 50 heavy (non-hydrogen) atoms. The van der Waals surface area contributed by atoms with Crippen molar-refractivity contribution in [1.82, 2.24) is 0 Å². The number of esters is 2. The molecular formula is C44H84INO4. The van der Waals surface area contributed by atoms with E-state index in [9.17, 15) is 9.59 Å². The highest BCUT2D eigenvalue weighted by Gasteiger charge is 2.26. The molecule has 0 aromatic heterocycles. The Morgan fingerprint density at radius 3 is 1.26 bits per heavy atom. The fourth-order valence-corrected chi connectivity index (χ4v) is 6.55. The molecule has 0 radical (unpaired) electrons. The SMILES string of the molecule is CCCCCCCC/C=C/CCCCCCCC(=O)OCC(C[N+](C)(C)CCC)OC(=O)CCCCCCC/C=C/CCCCCCCC.[I-]. The highest BCUT2D eigenvalue weighted by molar-refractivity contribution is 5.70. The average molecular weight is 818 g/mol. The van der Waals surface area contributed by atoms with E-state index in [-0.39, 0.29) is 42.5 Å². The molecular weight excluding hydrogens is 733 g/mol. The third-order valence-electron chi connectivity index (χ3n) is 9.54. The number of halogens is 1. The van der Waals surface area contributed by atoms with Crippen molar-refractivity contribution in [2.75, 3.05) is 33.8 Å². The van der Waals surface area contributed by atoms with E-state index in [4.69, 9.17) is 9.47 Å². The van der Waals surface area contributed by atoms with E-state index >= 15 is 0 Å². The van der Waals surface area contributed by atoms with Gasteiger partial charge in [0.15, 0.2) is 6.10 Å². The van der Waals surface area contributed by atoms with E-state index in [2.05, 4.69) is 59.2 Å². The maximum atomic E-state index is 12.7. The van der Waals surface area contributed by atoms with Crippen molar-refractivity contribution in [3.05, 3.63) is 24.3 Å². The standard InChI is InChI=1S/C44H84NO4.HI/c1-6-9-11-13-15-17-19-21-23-25-27-29-31-33-35-37-43(46)48-41-42(40-45(4,5)39-8-3)49-44(47)38-36-34-32-30-28-26-24-22-20-18-16-14-12-10-7-2;/h21-24,42H,6-20,25-41H2,1-5H3;1H/q+1;/p-1/b23-21+,24-22+;. The number of carbonyl (C=O) groups is 2. The molecule has 5 nitrogen and oxygen atoms in total. The average Bonchev–Trinajstić information content (AvgIpc) is 3.07. The van der Waals surface area contributed by atoms with Gasteiger partial charge in [0.2, 0.25) is 0 Å². The predicted molar refractivity (Wildman–Crippen MR) is 212 cm³/mol. The summed E-state index contributed by atoms with van der Waals surface area (Å²) in [6, 6.07) is 0. The molecule has 0 aliphatic carbocycles. The van der Waals surface area contributed by atoms with Crippen LogP contribution in [0, 0.1) is 0 Å². The molecule has 0 fully saturated rings. The molecule has 0 spiro atoms. The number of likely N-dealkylation sites (N-methyl/N-ethyl adjacent to an activating group) is 1. The highest BCUT2D eigenvalue weighted by atomic mass is 127. The van der Waals surface area contributed by atoms with E-state index in [1.165, 1.54) is 128 Å². The second-order valence-corrected chi connectivity index (χ2v) is 15.3. The van der Waals surface area contributed by atoms with Gasteiger partial charge in [0.25, 0.3) is 0 Å². The first-order valence-corrected chi connectivity index (χ1v) is 21.3. The van der Waals surface area contributed by atoms with Crippen LogP contribution < -0.4 is 24.0 Å². The topological polar surface area (TPSA) is 52.6 Å². The lowest BCUT2D eigenvalue weighted by Gasteiger charge is -2.32. The lowest BCUT2D eigenvalue weighted by Crippen LogP contribution is -3.00. The van der Waals surface area contributed by atoms with Gasteiger partial charge < -0.3 is 37.9 Å². The number of rotatable bonds is 37. The minimum atomic E-state index is -0.393. The largest absolute Gasteiger partial charge is 1.00 e. The van der Waals surface area contributed by atoms with Crippen LogP contribution in [0.1, 0.15) is 207 Å². The van der Waals surface area contributed by atoms with Crippen molar-refractivity contribution in [2.24, 2.45) is 0 Å². The second-order valence-electron chi connectivity index (χ2n) is 15.3. The summed E-state index contributed by atoms with van der Waals surface area (Å²) in [5.74, 6) is -0.329. The Morgan fingerprint density at radius 2 is 0.860 bits per heavy atom. The predicted octanol–water partition coefficient (Wildman–Crippen LogP) is 10.0. The summed E-state index contributed by atoms with van der Waals surface area (Å²) in [6.45, 7) is 8.52. The van der Waals surface area contributed by atoms with Gasteiger partial charge in [-0.05, 0) is 70.6 Å². The molecule has 0 bridgehead atoms. The van der Waals surface area contributed by atoms with Crippen LogP contribution in [0.4, 0.5) is 0 Å².